The van der Waals surface area contributed by atoms with Crippen LogP contribution in [0.5, 0.6) is 0 Å². The Bertz CT molecular complexity index is 42.0. The van der Waals surface area contributed by atoms with Crippen molar-refractivity contribution in [3.8, 4) is 0 Å². The smallest absolute Gasteiger partial charge is 0.0443 e. The number of hydrogen-bond acceptors (Lipinski definition) is 0. The predicted molar refractivity (Wildman–Crippen MR) is 61.6 cm³/mol. The Balaban J connectivity index is -0.000000175. The first kappa shape index (κ1) is 17.7. The molecule has 0 N–H and O–H groups in total. The maximum atomic E-state index is 3.00. The fourth-order valence-corrected chi connectivity index (χ4v) is 1.13. The maximum absolute atomic E-state index is 3.00. The molecule has 0 bridgehead atoms. The van der Waals surface area contributed by atoms with E-state index in [0.29, 0.717) is 0 Å². The van der Waals surface area contributed by atoms with Crippen molar-refractivity contribution in [2.24, 2.45) is 5.92 Å². The van der Waals surface area contributed by atoms with Gasteiger partial charge in [-0.1, -0.05) is 60.3 Å². The summed E-state index contributed by atoms with van der Waals surface area (Å²) in [6.07, 6.45) is 5.52. The molecule has 0 nitrogen and oxygen atoms in total. The summed E-state index contributed by atoms with van der Waals surface area (Å²) in [6, 6.07) is 0. The highest BCUT2D eigenvalue weighted by Crippen LogP contribution is 2.10. The van der Waals surface area contributed by atoms with Gasteiger partial charge in [0.15, 0.2) is 0 Å². The van der Waals surface area contributed by atoms with E-state index in [4.69, 9.17) is 0 Å². The molecule has 76 valence electrons. The van der Waals surface area contributed by atoms with E-state index in [1.807, 2.05) is 13.8 Å². The molecule has 0 aliphatic rings. The van der Waals surface area contributed by atoms with Crippen molar-refractivity contribution in [2.45, 2.75) is 60.3 Å². The predicted octanol–water partition coefficient (Wildman–Crippen LogP) is 5.05. The van der Waals surface area contributed by atoms with Gasteiger partial charge in [0.05, 0.1) is 0 Å². The highest BCUT2D eigenvalue weighted by atomic mass is 14.0. The van der Waals surface area contributed by atoms with Crippen molar-refractivity contribution < 1.29 is 0 Å². The summed E-state index contributed by atoms with van der Waals surface area (Å²) in [5.41, 5.74) is 0. The van der Waals surface area contributed by atoms with Gasteiger partial charge >= 0.3 is 0 Å². The van der Waals surface area contributed by atoms with Crippen LogP contribution in [0.2, 0.25) is 0 Å². The SMILES string of the molecule is C=C.CC.CCCC(C)CCC. The lowest BCUT2D eigenvalue weighted by Crippen LogP contribution is -1.91. The summed E-state index contributed by atoms with van der Waals surface area (Å²) < 4.78 is 0. The Morgan fingerprint density at radius 1 is 0.917 bits per heavy atom. The van der Waals surface area contributed by atoms with Crippen LogP contribution in [0.3, 0.4) is 0 Å². The van der Waals surface area contributed by atoms with Gasteiger partial charge in [-0.05, 0) is 5.92 Å². The monoisotopic (exact) mass is 172 g/mol. The first-order chi connectivity index (χ1) is 5.81. The largest absolute Gasteiger partial charge is 0.106 e. The van der Waals surface area contributed by atoms with Crippen molar-refractivity contribution in [3.05, 3.63) is 13.2 Å². The van der Waals surface area contributed by atoms with Gasteiger partial charge in [-0.3, -0.25) is 0 Å². The van der Waals surface area contributed by atoms with Crippen LogP contribution in [0, 0.1) is 5.92 Å². The molecule has 0 spiro atoms. The second-order valence-corrected chi connectivity index (χ2v) is 2.68. The first-order valence-electron chi connectivity index (χ1n) is 5.31. The fraction of sp³-hybridized carbons (Fsp3) is 0.833. The zero-order chi connectivity index (χ0) is 10.4. The summed E-state index contributed by atoms with van der Waals surface area (Å²) in [7, 11) is 0. The molecule has 0 rings (SSSR count). The van der Waals surface area contributed by atoms with E-state index >= 15 is 0 Å². The molecule has 12 heavy (non-hydrogen) atoms. The van der Waals surface area contributed by atoms with Crippen LogP contribution in [0.25, 0.3) is 0 Å². The minimum atomic E-state index is 0.963. The summed E-state index contributed by atoms with van der Waals surface area (Å²) in [5, 5.41) is 0. The molecule has 0 aromatic carbocycles. The van der Waals surface area contributed by atoms with Gasteiger partial charge in [0.2, 0.25) is 0 Å². The third-order valence-electron chi connectivity index (χ3n) is 1.56. The van der Waals surface area contributed by atoms with E-state index in [9.17, 15) is 0 Å². The van der Waals surface area contributed by atoms with Gasteiger partial charge in [-0.2, -0.15) is 0 Å². The Hall–Kier alpha value is -0.260. The van der Waals surface area contributed by atoms with Crippen molar-refractivity contribution in [2.75, 3.05) is 0 Å². The van der Waals surface area contributed by atoms with Crippen LogP contribution in [0.1, 0.15) is 60.3 Å². The molecular formula is C12H28. The van der Waals surface area contributed by atoms with Crippen molar-refractivity contribution >= 4 is 0 Å². The molecule has 0 saturated heterocycles. The molecule has 0 unspecified atom stereocenters. The van der Waals surface area contributed by atoms with Crippen molar-refractivity contribution in [3.63, 3.8) is 0 Å². The van der Waals surface area contributed by atoms with E-state index in [2.05, 4.69) is 33.9 Å². The second kappa shape index (κ2) is 22.4. The van der Waals surface area contributed by atoms with Crippen LogP contribution in [0.15, 0.2) is 13.2 Å². The Morgan fingerprint density at radius 2 is 1.17 bits per heavy atom. The van der Waals surface area contributed by atoms with Gasteiger partial charge in [0.25, 0.3) is 0 Å². The van der Waals surface area contributed by atoms with Crippen LogP contribution in [-0.4, -0.2) is 0 Å². The molecule has 0 amide bonds. The molecule has 0 aromatic heterocycles. The topological polar surface area (TPSA) is 0 Å². The third kappa shape index (κ3) is 22.6. The molecule has 0 radical (unpaired) electrons. The zero-order valence-corrected chi connectivity index (χ0v) is 9.82. The van der Waals surface area contributed by atoms with Crippen LogP contribution < -0.4 is 0 Å². The van der Waals surface area contributed by atoms with Crippen LogP contribution in [-0.2, 0) is 0 Å². The normalized spacial score (nSPS) is 7.83. The summed E-state index contributed by atoms with van der Waals surface area (Å²) in [4.78, 5) is 0. The third-order valence-corrected chi connectivity index (χ3v) is 1.56. The van der Waals surface area contributed by atoms with Gasteiger partial charge < -0.3 is 0 Å². The molecular weight excluding hydrogens is 144 g/mol. The number of rotatable bonds is 4. The summed E-state index contributed by atoms with van der Waals surface area (Å²) in [5.74, 6) is 0.963. The minimum Gasteiger partial charge on any atom is -0.106 e. The molecule has 0 heterocycles. The lowest BCUT2D eigenvalue weighted by Gasteiger charge is -2.05. The molecule has 0 aliphatic carbocycles. The molecule has 0 aliphatic heterocycles. The highest BCUT2D eigenvalue weighted by Gasteiger charge is 1.95. The van der Waals surface area contributed by atoms with E-state index in [0.717, 1.165) is 5.92 Å². The van der Waals surface area contributed by atoms with E-state index < -0.39 is 0 Å². The van der Waals surface area contributed by atoms with Crippen molar-refractivity contribution in [1.82, 2.24) is 0 Å². The zero-order valence-electron chi connectivity index (χ0n) is 9.82. The lowest BCUT2D eigenvalue weighted by molar-refractivity contribution is 0.480. The quantitative estimate of drug-likeness (QED) is 0.520. The average Bonchev–Trinajstić information content (AvgIpc) is 2.12. The van der Waals surface area contributed by atoms with Gasteiger partial charge in [0.1, 0.15) is 0 Å². The standard InChI is InChI=1S/C8H18.C2H6.C2H4/c1-4-6-8(3)7-5-2;2*1-2/h8H,4-7H2,1-3H3;1-2H3;1-2H2. The Morgan fingerprint density at radius 3 is 1.33 bits per heavy atom. The number of hydrogen-bond donors (Lipinski definition) is 0. The second-order valence-electron chi connectivity index (χ2n) is 2.68. The molecule has 0 heteroatoms. The molecule has 0 saturated carbocycles. The molecule has 0 fully saturated rings. The molecule has 0 aromatic rings. The molecule has 0 atom stereocenters. The van der Waals surface area contributed by atoms with E-state index in [1.54, 1.807) is 0 Å². The van der Waals surface area contributed by atoms with Crippen molar-refractivity contribution in [1.29, 1.82) is 0 Å². The highest BCUT2D eigenvalue weighted by molar-refractivity contribution is 4.48. The first-order valence-corrected chi connectivity index (χ1v) is 5.31. The fourth-order valence-electron chi connectivity index (χ4n) is 1.13. The Kier molecular flexibility index (Phi) is 33.1. The van der Waals surface area contributed by atoms with Gasteiger partial charge in [0, 0.05) is 0 Å². The van der Waals surface area contributed by atoms with E-state index in [1.165, 1.54) is 25.7 Å². The summed E-state index contributed by atoms with van der Waals surface area (Å²) in [6.45, 7) is 16.9. The maximum Gasteiger partial charge on any atom is -0.0443 e. The lowest BCUT2D eigenvalue weighted by atomic mass is 10.0. The van der Waals surface area contributed by atoms with E-state index in [-0.39, 0.29) is 0 Å². The average molecular weight is 172 g/mol. The minimum absolute atomic E-state index is 0.963. The van der Waals surface area contributed by atoms with Gasteiger partial charge in [-0.25, -0.2) is 0 Å². The van der Waals surface area contributed by atoms with Crippen LogP contribution >= 0.6 is 0 Å². The van der Waals surface area contributed by atoms with Gasteiger partial charge in [-0.15, -0.1) is 13.2 Å². The van der Waals surface area contributed by atoms with Crippen LogP contribution in [0.4, 0.5) is 0 Å². The summed E-state index contributed by atoms with van der Waals surface area (Å²) >= 11 is 0. The Labute approximate surface area is 80.1 Å².